The molecular formula is C14H13FN4O2S2. The second-order valence-corrected chi connectivity index (χ2v) is 8.27. The lowest BCUT2D eigenvalue weighted by atomic mass is 10.3. The molecule has 0 saturated carbocycles. The largest absolute Gasteiger partial charge is 0.229 e. The Labute approximate surface area is 136 Å². The first-order valence-electron chi connectivity index (χ1n) is 6.69. The van der Waals surface area contributed by atoms with Gasteiger partial charge in [-0.05, 0) is 24.3 Å². The number of benzene rings is 1. The quantitative estimate of drug-likeness (QED) is 0.517. The van der Waals surface area contributed by atoms with Crippen molar-refractivity contribution in [1.82, 2.24) is 19.7 Å². The predicted octanol–water partition coefficient (Wildman–Crippen LogP) is 2.09. The second-order valence-electron chi connectivity index (χ2n) is 4.93. The molecule has 0 saturated heterocycles. The van der Waals surface area contributed by atoms with Gasteiger partial charge in [0.05, 0.1) is 23.0 Å². The van der Waals surface area contributed by atoms with Crippen LogP contribution < -0.4 is 0 Å². The topological polar surface area (TPSA) is 77.7 Å². The Kier molecular flexibility index (Phi) is 4.31. The van der Waals surface area contributed by atoms with Crippen LogP contribution in [-0.2, 0) is 9.84 Å². The molecule has 0 fully saturated rings. The van der Waals surface area contributed by atoms with E-state index in [0.717, 1.165) is 5.39 Å². The Bertz CT molecular complexity index is 939. The number of hydrogen-bond donors (Lipinski definition) is 0. The number of halogens is 1. The van der Waals surface area contributed by atoms with Gasteiger partial charge in [-0.2, -0.15) is 5.10 Å². The molecule has 2 aromatic heterocycles. The third-order valence-corrected chi connectivity index (χ3v) is 5.30. The second kappa shape index (κ2) is 6.25. The van der Waals surface area contributed by atoms with E-state index in [1.165, 1.54) is 36.5 Å². The lowest BCUT2D eigenvalue weighted by Crippen LogP contribution is -2.05. The molecule has 0 atom stereocenters. The maximum atomic E-state index is 13.0. The molecule has 120 valence electrons. The van der Waals surface area contributed by atoms with E-state index in [4.69, 9.17) is 0 Å². The van der Waals surface area contributed by atoms with E-state index in [-0.39, 0.29) is 11.6 Å². The molecule has 0 amide bonds. The average Bonchev–Trinajstić information content (AvgIpc) is 2.92. The number of sulfone groups is 1. The van der Waals surface area contributed by atoms with Crippen LogP contribution in [0.2, 0.25) is 0 Å². The van der Waals surface area contributed by atoms with Crippen LogP contribution in [0, 0.1) is 5.82 Å². The summed E-state index contributed by atoms with van der Waals surface area (Å²) in [6.45, 7) is 0. The maximum absolute atomic E-state index is 13.0. The summed E-state index contributed by atoms with van der Waals surface area (Å²) in [6, 6.07) is 5.93. The van der Waals surface area contributed by atoms with Crippen molar-refractivity contribution in [3.63, 3.8) is 0 Å². The first-order chi connectivity index (χ1) is 10.9. The zero-order valence-electron chi connectivity index (χ0n) is 12.2. The van der Waals surface area contributed by atoms with Gasteiger partial charge in [-0.15, -0.1) is 11.8 Å². The molecule has 2 heterocycles. The molecule has 0 aliphatic heterocycles. The molecule has 0 N–H and O–H groups in total. The first kappa shape index (κ1) is 15.9. The van der Waals surface area contributed by atoms with Gasteiger partial charge >= 0.3 is 0 Å². The highest BCUT2D eigenvalue weighted by atomic mass is 32.2. The van der Waals surface area contributed by atoms with Crippen molar-refractivity contribution in [2.75, 3.05) is 17.8 Å². The molecule has 6 nitrogen and oxygen atoms in total. The zero-order chi connectivity index (χ0) is 16.4. The number of thioether (sulfide) groups is 1. The van der Waals surface area contributed by atoms with Gasteiger partial charge in [0.25, 0.3) is 0 Å². The minimum atomic E-state index is -3.01. The van der Waals surface area contributed by atoms with Gasteiger partial charge in [0.1, 0.15) is 27.0 Å². The molecule has 23 heavy (non-hydrogen) atoms. The minimum Gasteiger partial charge on any atom is -0.229 e. The molecule has 3 rings (SSSR count). The van der Waals surface area contributed by atoms with Crippen molar-refractivity contribution in [2.24, 2.45) is 0 Å². The lowest BCUT2D eigenvalue weighted by Gasteiger charge is -2.04. The van der Waals surface area contributed by atoms with Gasteiger partial charge < -0.3 is 0 Å². The summed E-state index contributed by atoms with van der Waals surface area (Å²) in [6.07, 6.45) is 4.24. The molecule has 1 aromatic carbocycles. The van der Waals surface area contributed by atoms with Crippen LogP contribution in [0.25, 0.3) is 16.7 Å². The summed E-state index contributed by atoms with van der Waals surface area (Å²) in [5.74, 6) is 0.166. The Balaban J connectivity index is 1.92. The fourth-order valence-corrected chi connectivity index (χ4v) is 4.16. The molecule has 0 radical (unpaired) electrons. The number of nitrogens with zero attached hydrogens (tertiary/aromatic N) is 4. The van der Waals surface area contributed by atoms with Gasteiger partial charge in [-0.3, -0.25) is 0 Å². The fourth-order valence-electron chi connectivity index (χ4n) is 2.00. The van der Waals surface area contributed by atoms with E-state index < -0.39 is 9.84 Å². The molecule has 0 aliphatic carbocycles. The van der Waals surface area contributed by atoms with Gasteiger partial charge in [0, 0.05) is 12.0 Å². The number of rotatable bonds is 5. The number of aromatic nitrogens is 4. The molecular weight excluding hydrogens is 339 g/mol. The van der Waals surface area contributed by atoms with Crippen LogP contribution in [0.3, 0.4) is 0 Å². The third kappa shape index (κ3) is 3.67. The summed E-state index contributed by atoms with van der Waals surface area (Å²) in [7, 11) is -3.01. The van der Waals surface area contributed by atoms with Crippen molar-refractivity contribution < 1.29 is 12.8 Å². The van der Waals surface area contributed by atoms with Crippen LogP contribution in [0.5, 0.6) is 0 Å². The van der Waals surface area contributed by atoms with Crippen LogP contribution in [0.15, 0.2) is 41.8 Å². The fraction of sp³-hybridized carbons (Fsp3) is 0.214. The summed E-state index contributed by atoms with van der Waals surface area (Å²) in [5, 5.41) is 5.68. The lowest BCUT2D eigenvalue weighted by molar-refractivity contribution is 0.603. The monoisotopic (exact) mass is 352 g/mol. The summed E-state index contributed by atoms with van der Waals surface area (Å²) in [4.78, 5) is 8.41. The van der Waals surface area contributed by atoms with E-state index >= 15 is 0 Å². The van der Waals surface area contributed by atoms with E-state index in [1.54, 1.807) is 23.0 Å². The molecule has 0 aliphatic rings. The highest BCUT2D eigenvalue weighted by Crippen LogP contribution is 2.25. The number of fused-ring (bicyclic) bond motifs is 1. The Morgan fingerprint density at radius 1 is 1.22 bits per heavy atom. The van der Waals surface area contributed by atoms with Crippen molar-refractivity contribution in [3.05, 3.63) is 42.6 Å². The molecule has 9 heteroatoms. The molecule has 0 spiro atoms. The third-order valence-electron chi connectivity index (χ3n) is 3.09. The normalized spacial score (nSPS) is 11.9. The van der Waals surface area contributed by atoms with Gasteiger partial charge in [0.2, 0.25) is 0 Å². The summed E-state index contributed by atoms with van der Waals surface area (Å²) >= 11 is 1.34. The molecule has 0 bridgehead atoms. The highest BCUT2D eigenvalue weighted by molar-refractivity contribution is 8.00. The van der Waals surface area contributed by atoms with Crippen LogP contribution in [-0.4, -0.2) is 45.9 Å². The van der Waals surface area contributed by atoms with Gasteiger partial charge in [-0.1, -0.05) is 0 Å². The van der Waals surface area contributed by atoms with Crippen molar-refractivity contribution in [3.8, 4) is 5.69 Å². The Morgan fingerprint density at radius 3 is 2.65 bits per heavy atom. The highest BCUT2D eigenvalue weighted by Gasteiger charge is 2.12. The SMILES string of the molecule is CS(=O)(=O)CCSc1ncnc2c1cnn2-c1ccc(F)cc1. The van der Waals surface area contributed by atoms with Crippen molar-refractivity contribution in [2.45, 2.75) is 5.03 Å². The number of hydrogen-bond acceptors (Lipinski definition) is 6. The van der Waals surface area contributed by atoms with Crippen LogP contribution in [0.1, 0.15) is 0 Å². The minimum absolute atomic E-state index is 0.0786. The smallest absolute Gasteiger partial charge is 0.167 e. The predicted molar refractivity (Wildman–Crippen MR) is 87.1 cm³/mol. The van der Waals surface area contributed by atoms with Gasteiger partial charge in [-0.25, -0.2) is 27.5 Å². The zero-order valence-corrected chi connectivity index (χ0v) is 13.8. The van der Waals surface area contributed by atoms with E-state index in [1.807, 2.05) is 0 Å². The molecule has 0 unspecified atom stereocenters. The summed E-state index contributed by atoms with van der Waals surface area (Å²) in [5.41, 5.74) is 1.28. The maximum Gasteiger partial charge on any atom is 0.167 e. The Morgan fingerprint density at radius 2 is 1.96 bits per heavy atom. The molecule has 3 aromatic rings. The van der Waals surface area contributed by atoms with Crippen LogP contribution in [0.4, 0.5) is 4.39 Å². The van der Waals surface area contributed by atoms with E-state index in [2.05, 4.69) is 15.1 Å². The van der Waals surface area contributed by atoms with E-state index in [0.29, 0.717) is 22.1 Å². The van der Waals surface area contributed by atoms with E-state index in [9.17, 15) is 12.8 Å². The van der Waals surface area contributed by atoms with Crippen LogP contribution >= 0.6 is 11.8 Å². The first-order valence-corrected chi connectivity index (χ1v) is 9.74. The Hall–Kier alpha value is -2.00. The standard InChI is InChI=1S/C14H13FN4O2S2/c1-23(20,21)7-6-22-14-12-8-18-19(13(12)16-9-17-14)11-4-2-10(15)3-5-11/h2-5,8-9H,6-7H2,1H3. The van der Waals surface area contributed by atoms with Gasteiger partial charge in [0.15, 0.2) is 5.65 Å². The average molecular weight is 352 g/mol. The van der Waals surface area contributed by atoms with Crippen molar-refractivity contribution in [1.29, 1.82) is 0 Å². The summed E-state index contributed by atoms with van der Waals surface area (Å²) < 4.78 is 37.0. The van der Waals surface area contributed by atoms with Crippen molar-refractivity contribution >= 4 is 32.6 Å².